The summed E-state index contributed by atoms with van der Waals surface area (Å²) in [6.45, 7) is 5.95. The lowest BCUT2D eigenvalue weighted by atomic mass is 10.1. The third-order valence-electron chi connectivity index (χ3n) is 3.62. The molecule has 0 saturated heterocycles. The molecule has 0 saturated carbocycles. The van der Waals surface area contributed by atoms with Gasteiger partial charge in [0, 0.05) is 18.0 Å². The maximum absolute atomic E-state index is 13.0. The van der Waals surface area contributed by atoms with Gasteiger partial charge in [-0.2, -0.15) is 18.3 Å². The molecule has 1 aromatic heterocycles. The van der Waals surface area contributed by atoms with E-state index >= 15 is 0 Å². The average Bonchev–Trinajstić information content (AvgIpc) is 3.13. The van der Waals surface area contributed by atoms with Crippen LogP contribution in [0.1, 0.15) is 38.3 Å². The summed E-state index contributed by atoms with van der Waals surface area (Å²) in [5, 5.41) is 14.2. The Hall–Kier alpha value is -2.83. The molecule has 4 nitrogen and oxygen atoms in total. The molecule has 1 aromatic carbocycles. The minimum absolute atomic E-state index is 0.0152. The first kappa shape index (κ1) is 22.2. The van der Waals surface area contributed by atoms with Crippen LogP contribution in [0.25, 0.3) is 11.8 Å². The Labute approximate surface area is 157 Å². The minimum Gasteiger partial charge on any atom is -0.383 e. The number of benzene rings is 1. The van der Waals surface area contributed by atoms with Crippen molar-refractivity contribution < 1.29 is 13.2 Å². The van der Waals surface area contributed by atoms with Gasteiger partial charge in [-0.05, 0) is 44.7 Å². The molecule has 2 aromatic rings. The lowest BCUT2D eigenvalue weighted by molar-refractivity contribution is -0.137. The fraction of sp³-hybridized carbons (Fsp3) is 0.300. The highest BCUT2D eigenvalue weighted by Crippen LogP contribution is 2.33. The van der Waals surface area contributed by atoms with Gasteiger partial charge in [0.15, 0.2) is 0 Å². The molecule has 1 atom stereocenters. The molecule has 0 fully saturated rings. The van der Waals surface area contributed by atoms with Crippen LogP contribution in [0.4, 0.5) is 13.2 Å². The van der Waals surface area contributed by atoms with E-state index in [2.05, 4.69) is 10.4 Å². The second-order valence-corrected chi connectivity index (χ2v) is 5.58. The van der Waals surface area contributed by atoms with Gasteiger partial charge in [-0.1, -0.05) is 31.2 Å². The summed E-state index contributed by atoms with van der Waals surface area (Å²) >= 11 is 0. The van der Waals surface area contributed by atoms with Gasteiger partial charge in [0.2, 0.25) is 0 Å². The molecule has 0 aliphatic carbocycles. The average molecular weight is 378 g/mol. The predicted molar refractivity (Wildman–Crippen MR) is 104 cm³/mol. The highest BCUT2D eigenvalue weighted by atomic mass is 19.4. The Morgan fingerprint density at radius 2 is 1.89 bits per heavy atom. The minimum atomic E-state index is -4.43. The quantitative estimate of drug-likeness (QED) is 0.518. The third-order valence-corrected chi connectivity index (χ3v) is 3.62. The van der Waals surface area contributed by atoms with Crippen LogP contribution in [-0.4, -0.2) is 22.0 Å². The molecule has 2 N–H and O–H groups in total. The Balaban J connectivity index is 0.000000828. The fourth-order valence-corrected chi connectivity index (χ4v) is 2.02. The van der Waals surface area contributed by atoms with E-state index in [1.807, 2.05) is 32.9 Å². The topological polar surface area (TPSA) is 53.7 Å². The Morgan fingerprint density at radius 3 is 2.44 bits per heavy atom. The van der Waals surface area contributed by atoms with Crippen molar-refractivity contribution in [3.8, 4) is 5.69 Å². The number of rotatable bonds is 6. The van der Waals surface area contributed by atoms with Crippen LogP contribution < -0.4 is 5.32 Å². The summed E-state index contributed by atoms with van der Waals surface area (Å²) in [6, 6.07) is 5.24. The number of nitrogens with one attached hydrogen (secondary N) is 2. The number of para-hydroxylation sites is 1. The van der Waals surface area contributed by atoms with Gasteiger partial charge in [-0.15, -0.1) is 0 Å². The molecule has 0 bridgehead atoms. The van der Waals surface area contributed by atoms with E-state index in [1.165, 1.54) is 35.4 Å². The molecule has 27 heavy (non-hydrogen) atoms. The highest BCUT2D eigenvalue weighted by molar-refractivity contribution is 5.61. The summed E-state index contributed by atoms with van der Waals surface area (Å²) in [7, 11) is 0. The second kappa shape index (κ2) is 11.0. The molecule has 0 amide bonds. The van der Waals surface area contributed by atoms with Crippen LogP contribution in [0, 0.1) is 5.41 Å². The number of aromatic nitrogens is 2. The largest absolute Gasteiger partial charge is 0.418 e. The molecule has 2 rings (SSSR count). The van der Waals surface area contributed by atoms with Crippen LogP contribution in [0.15, 0.2) is 55.0 Å². The molecule has 1 heterocycles. The molecule has 7 heteroatoms. The van der Waals surface area contributed by atoms with Crippen LogP contribution in [0.3, 0.4) is 0 Å². The molecule has 0 spiro atoms. The summed E-state index contributed by atoms with van der Waals surface area (Å²) in [4.78, 5) is 0. The highest BCUT2D eigenvalue weighted by Gasteiger charge is 2.33. The molecule has 0 aliphatic rings. The van der Waals surface area contributed by atoms with Crippen LogP contribution >= 0.6 is 0 Å². The predicted octanol–water partition coefficient (Wildman–Crippen LogP) is 5.46. The maximum atomic E-state index is 13.0. The third kappa shape index (κ3) is 7.13. The Bertz CT molecular complexity index is 757. The van der Waals surface area contributed by atoms with Crippen LogP contribution in [-0.2, 0) is 6.18 Å². The van der Waals surface area contributed by atoms with Crippen molar-refractivity contribution in [3.63, 3.8) is 0 Å². The van der Waals surface area contributed by atoms with Gasteiger partial charge in [0.05, 0.1) is 23.5 Å². The van der Waals surface area contributed by atoms with E-state index in [0.29, 0.717) is 5.56 Å². The standard InChI is InChI=1S/C16H17F3N4.C4H8/c1-2-13(9-20)21-8-7-12-10-22-23(11-12)15-6-4-3-5-14(15)16(17,18)19;1-3-4-2/h3-11,13,20-21H,2H2,1H3;3-4H,1-2H3/b8-7+,20-9?;4-3-. The smallest absolute Gasteiger partial charge is 0.383 e. The fourth-order valence-electron chi connectivity index (χ4n) is 2.02. The van der Waals surface area contributed by atoms with Crippen molar-refractivity contribution in [1.29, 1.82) is 5.41 Å². The van der Waals surface area contributed by atoms with Crippen molar-refractivity contribution in [2.75, 3.05) is 0 Å². The summed E-state index contributed by atoms with van der Waals surface area (Å²) in [5.74, 6) is 0. The first-order valence-electron chi connectivity index (χ1n) is 8.59. The lowest BCUT2D eigenvalue weighted by Crippen LogP contribution is -2.23. The van der Waals surface area contributed by atoms with Crippen molar-refractivity contribution >= 4 is 12.3 Å². The number of allylic oxidation sites excluding steroid dienone is 2. The van der Waals surface area contributed by atoms with E-state index < -0.39 is 11.7 Å². The first-order valence-corrected chi connectivity index (χ1v) is 8.59. The molecule has 0 radical (unpaired) electrons. The van der Waals surface area contributed by atoms with Gasteiger partial charge in [0.1, 0.15) is 0 Å². The Morgan fingerprint density at radius 1 is 1.22 bits per heavy atom. The molecular weight excluding hydrogens is 353 g/mol. The van der Waals surface area contributed by atoms with Gasteiger partial charge in [-0.3, -0.25) is 0 Å². The maximum Gasteiger partial charge on any atom is 0.418 e. The zero-order chi connectivity index (χ0) is 20.3. The zero-order valence-corrected chi connectivity index (χ0v) is 15.7. The number of hydrogen-bond donors (Lipinski definition) is 2. The lowest BCUT2D eigenvalue weighted by Gasteiger charge is -2.12. The molecule has 146 valence electrons. The van der Waals surface area contributed by atoms with Crippen molar-refractivity contribution in [2.24, 2.45) is 0 Å². The number of nitrogens with zero attached hydrogens (tertiary/aromatic N) is 2. The van der Waals surface area contributed by atoms with E-state index in [1.54, 1.807) is 18.3 Å². The van der Waals surface area contributed by atoms with Crippen LogP contribution in [0.2, 0.25) is 0 Å². The van der Waals surface area contributed by atoms with Gasteiger partial charge < -0.3 is 10.7 Å². The summed E-state index contributed by atoms with van der Waals surface area (Å²) in [6.07, 6.45) is 8.00. The summed E-state index contributed by atoms with van der Waals surface area (Å²) in [5.41, 5.74) is -0.0838. The van der Waals surface area contributed by atoms with E-state index in [0.717, 1.165) is 12.5 Å². The number of halogens is 3. The molecular formula is C20H25F3N4. The van der Waals surface area contributed by atoms with Gasteiger partial charge >= 0.3 is 6.18 Å². The monoisotopic (exact) mass is 378 g/mol. The second-order valence-electron chi connectivity index (χ2n) is 5.58. The first-order chi connectivity index (χ1) is 12.9. The van der Waals surface area contributed by atoms with Crippen molar-refractivity contribution in [1.82, 2.24) is 15.1 Å². The van der Waals surface area contributed by atoms with E-state index in [4.69, 9.17) is 5.41 Å². The Kier molecular flexibility index (Phi) is 9.05. The molecule has 0 aliphatic heterocycles. The van der Waals surface area contributed by atoms with Crippen LogP contribution in [0.5, 0.6) is 0 Å². The van der Waals surface area contributed by atoms with Gasteiger partial charge in [0.25, 0.3) is 0 Å². The normalized spacial score (nSPS) is 12.7. The zero-order valence-electron chi connectivity index (χ0n) is 15.7. The van der Waals surface area contributed by atoms with Crippen molar-refractivity contribution in [3.05, 3.63) is 66.1 Å². The van der Waals surface area contributed by atoms with E-state index in [-0.39, 0.29) is 11.7 Å². The molecule has 1 unspecified atom stereocenters. The number of alkyl halides is 3. The summed E-state index contributed by atoms with van der Waals surface area (Å²) < 4.78 is 40.3. The van der Waals surface area contributed by atoms with E-state index in [9.17, 15) is 13.2 Å². The van der Waals surface area contributed by atoms with Gasteiger partial charge in [-0.25, -0.2) is 4.68 Å². The number of hydrogen-bond acceptors (Lipinski definition) is 3. The van der Waals surface area contributed by atoms with Crippen molar-refractivity contribution in [2.45, 2.75) is 39.4 Å². The SMILES string of the molecule is C/C=C\C.CCC(C=N)N/C=C/c1cnn(-c2ccccc2C(F)(F)F)c1.